The van der Waals surface area contributed by atoms with Crippen LogP contribution in [0.15, 0.2) is 30.3 Å². The van der Waals surface area contributed by atoms with Gasteiger partial charge < -0.3 is 20.1 Å². The van der Waals surface area contributed by atoms with Gasteiger partial charge in [0.25, 0.3) is 5.91 Å². The molecule has 1 aromatic carbocycles. The number of nitrogens with one attached hydrogen (secondary N) is 2. The molecule has 1 saturated heterocycles. The van der Waals surface area contributed by atoms with E-state index in [1.165, 1.54) is 14.2 Å². The number of rotatable bonds is 6. The Morgan fingerprint density at radius 2 is 1.70 bits per heavy atom. The van der Waals surface area contributed by atoms with Gasteiger partial charge in [-0.15, -0.1) is 10.2 Å². The van der Waals surface area contributed by atoms with E-state index in [9.17, 15) is 13.2 Å². The van der Waals surface area contributed by atoms with Crippen molar-refractivity contribution in [3.8, 4) is 11.5 Å². The van der Waals surface area contributed by atoms with Crippen LogP contribution in [0.5, 0.6) is 11.5 Å². The number of hydrogen-bond acceptors (Lipinski definition) is 8. The lowest BCUT2D eigenvalue weighted by atomic mass is 10.2. The summed E-state index contributed by atoms with van der Waals surface area (Å²) in [5, 5.41) is 13.6. The highest BCUT2D eigenvalue weighted by Crippen LogP contribution is 2.23. The van der Waals surface area contributed by atoms with Crippen molar-refractivity contribution in [1.29, 1.82) is 0 Å². The largest absolute Gasteiger partial charge is 0.497 e. The monoisotopic (exact) mass is 392 g/mol. The van der Waals surface area contributed by atoms with Gasteiger partial charge in [0.2, 0.25) is 0 Å². The molecule has 1 atom stereocenters. The van der Waals surface area contributed by atoms with Crippen molar-refractivity contribution < 1.29 is 22.7 Å². The second kappa shape index (κ2) is 7.78. The van der Waals surface area contributed by atoms with Crippen molar-refractivity contribution >= 4 is 27.4 Å². The van der Waals surface area contributed by atoms with Crippen molar-refractivity contribution in [3.63, 3.8) is 0 Å². The van der Waals surface area contributed by atoms with Crippen LogP contribution in [0, 0.1) is 0 Å². The van der Waals surface area contributed by atoms with Gasteiger partial charge in [-0.05, 0) is 30.7 Å². The van der Waals surface area contributed by atoms with E-state index in [1.807, 2.05) is 0 Å². The summed E-state index contributed by atoms with van der Waals surface area (Å²) < 4.78 is 33.3. The first-order chi connectivity index (χ1) is 12.9. The maximum Gasteiger partial charge on any atom is 0.257 e. The SMILES string of the molecule is COc1cc(OC)cc(C(=O)Nc2ccc(NC3CCS(=O)(=O)C3)nn2)c1. The van der Waals surface area contributed by atoms with Gasteiger partial charge in [-0.2, -0.15) is 0 Å². The average Bonchev–Trinajstić information content (AvgIpc) is 3.01. The summed E-state index contributed by atoms with van der Waals surface area (Å²) in [5.41, 5.74) is 0.353. The van der Waals surface area contributed by atoms with Crippen LogP contribution in [0.3, 0.4) is 0 Å². The lowest BCUT2D eigenvalue weighted by molar-refractivity contribution is 0.102. The van der Waals surface area contributed by atoms with Crippen LogP contribution in [0.25, 0.3) is 0 Å². The van der Waals surface area contributed by atoms with E-state index in [-0.39, 0.29) is 29.3 Å². The number of hydrogen-bond donors (Lipinski definition) is 2. The molecule has 1 unspecified atom stereocenters. The van der Waals surface area contributed by atoms with Crippen LogP contribution in [0.2, 0.25) is 0 Å². The highest BCUT2D eigenvalue weighted by atomic mass is 32.2. The van der Waals surface area contributed by atoms with Gasteiger partial charge in [0.1, 0.15) is 17.3 Å². The zero-order chi connectivity index (χ0) is 19.4. The summed E-state index contributed by atoms with van der Waals surface area (Å²) >= 11 is 0. The van der Waals surface area contributed by atoms with Crippen molar-refractivity contribution in [3.05, 3.63) is 35.9 Å². The zero-order valence-corrected chi connectivity index (χ0v) is 15.7. The van der Waals surface area contributed by atoms with E-state index in [0.717, 1.165) is 0 Å². The number of carbonyl (C=O) groups excluding carboxylic acids is 1. The number of ether oxygens (including phenoxy) is 2. The van der Waals surface area contributed by atoms with Crippen molar-refractivity contribution in [2.45, 2.75) is 12.5 Å². The van der Waals surface area contributed by atoms with Gasteiger partial charge in [0, 0.05) is 17.7 Å². The Labute approximate surface area is 157 Å². The Morgan fingerprint density at radius 3 is 2.22 bits per heavy atom. The smallest absolute Gasteiger partial charge is 0.257 e. The molecular weight excluding hydrogens is 372 g/mol. The van der Waals surface area contributed by atoms with Crippen LogP contribution < -0.4 is 20.1 Å². The molecule has 2 N–H and O–H groups in total. The lowest BCUT2D eigenvalue weighted by Crippen LogP contribution is -2.21. The molecule has 1 aromatic heterocycles. The highest BCUT2D eigenvalue weighted by Gasteiger charge is 2.27. The first-order valence-electron chi connectivity index (χ1n) is 8.23. The number of methoxy groups -OCH3 is 2. The lowest BCUT2D eigenvalue weighted by Gasteiger charge is -2.11. The molecule has 0 aliphatic carbocycles. The fourth-order valence-corrected chi connectivity index (χ4v) is 4.39. The van der Waals surface area contributed by atoms with E-state index in [1.54, 1.807) is 30.3 Å². The Bertz CT molecular complexity index is 909. The fraction of sp³-hybridized carbons (Fsp3) is 0.353. The Morgan fingerprint density at radius 1 is 1.07 bits per heavy atom. The maximum absolute atomic E-state index is 12.4. The number of amides is 1. The summed E-state index contributed by atoms with van der Waals surface area (Å²) in [5.74, 6) is 1.60. The van der Waals surface area contributed by atoms with Gasteiger partial charge >= 0.3 is 0 Å². The molecule has 2 aromatic rings. The fourth-order valence-electron chi connectivity index (χ4n) is 2.72. The molecule has 0 spiro atoms. The topological polar surface area (TPSA) is 120 Å². The molecule has 2 heterocycles. The molecule has 0 radical (unpaired) electrons. The minimum absolute atomic E-state index is 0.0881. The van der Waals surface area contributed by atoms with E-state index >= 15 is 0 Å². The Hall–Kier alpha value is -2.88. The number of benzene rings is 1. The molecule has 1 amide bonds. The van der Waals surface area contributed by atoms with Crippen molar-refractivity contribution in [2.75, 3.05) is 36.4 Å². The molecule has 10 heteroatoms. The minimum atomic E-state index is -2.97. The molecule has 0 saturated carbocycles. The predicted molar refractivity (Wildman–Crippen MR) is 100 cm³/mol. The van der Waals surface area contributed by atoms with Gasteiger partial charge in [-0.1, -0.05) is 0 Å². The second-order valence-corrected chi connectivity index (χ2v) is 8.33. The normalized spacial score (nSPS) is 17.9. The highest BCUT2D eigenvalue weighted by molar-refractivity contribution is 7.91. The Balaban J connectivity index is 1.65. The number of carbonyl (C=O) groups is 1. The summed E-state index contributed by atoms with van der Waals surface area (Å²) in [6.07, 6.45) is 0.542. The summed E-state index contributed by atoms with van der Waals surface area (Å²) in [6.45, 7) is 0. The van der Waals surface area contributed by atoms with Gasteiger partial charge in [0.15, 0.2) is 15.7 Å². The van der Waals surface area contributed by atoms with Crippen LogP contribution in [0.1, 0.15) is 16.8 Å². The molecule has 3 rings (SSSR count). The number of sulfone groups is 1. The second-order valence-electron chi connectivity index (χ2n) is 6.10. The molecule has 1 fully saturated rings. The first kappa shape index (κ1) is 18.9. The Kier molecular flexibility index (Phi) is 5.45. The van der Waals surface area contributed by atoms with Crippen LogP contribution in [0.4, 0.5) is 11.6 Å². The van der Waals surface area contributed by atoms with Gasteiger partial charge in [-0.3, -0.25) is 4.79 Å². The molecule has 9 nitrogen and oxygen atoms in total. The third kappa shape index (κ3) is 4.85. The van der Waals surface area contributed by atoms with E-state index < -0.39 is 9.84 Å². The van der Waals surface area contributed by atoms with Crippen LogP contribution in [-0.2, 0) is 9.84 Å². The summed E-state index contributed by atoms with van der Waals surface area (Å²) in [4.78, 5) is 12.4. The van der Waals surface area contributed by atoms with E-state index in [0.29, 0.717) is 29.3 Å². The quantitative estimate of drug-likeness (QED) is 0.756. The number of anilines is 2. The van der Waals surface area contributed by atoms with Crippen molar-refractivity contribution in [2.24, 2.45) is 0 Å². The number of aromatic nitrogens is 2. The summed E-state index contributed by atoms with van der Waals surface area (Å²) in [6, 6.07) is 7.89. The zero-order valence-electron chi connectivity index (χ0n) is 14.9. The van der Waals surface area contributed by atoms with Crippen LogP contribution >= 0.6 is 0 Å². The predicted octanol–water partition coefficient (Wildman–Crippen LogP) is 1.35. The van der Waals surface area contributed by atoms with Gasteiger partial charge in [-0.25, -0.2) is 8.42 Å². The summed E-state index contributed by atoms with van der Waals surface area (Å²) in [7, 11) is 0.0364. The molecule has 27 heavy (non-hydrogen) atoms. The van der Waals surface area contributed by atoms with E-state index in [4.69, 9.17) is 9.47 Å². The van der Waals surface area contributed by atoms with E-state index in [2.05, 4.69) is 20.8 Å². The molecule has 1 aliphatic heterocycles. The average molecular weight is 392 g/mol. The van der Waals surface area contributed by atoms with Crippen molar-refractivity contribution in [1.82, 2.24) is 10.2 Å². The molecule has 1 aliphatic rings. The molecule has 144 valence electrons. The van der Waals surface area contributed by atoms with Gasteiger partial charge in [0.05, 0.1) is 25.7 Å². The first-order valence-corrected chi connectivity index (χ1v) is 10.1. The standard InChI is InChI=1S/C17H20N4O5S/c1-25-13-7-11(8-14(9-13)26-2)17(22)19-16-4-3-15(20-21-16)18-12-5-6-27(23,24)10-12/h3-4,7-9,12H,5-6,10H2,1-2H3,(H,18,20)(H,19,21,22). The number of nitrogens with zero attached hydrogens (tertiary/aromatic N) is 2. The molecular formula is C17H20N4O5S. The van der Waals surface area contributed by atoms with Crippen LogP contribution in [-0.4, -0.2) is 56.3 Å². The third-order valence-corrected chi connectivity index (χ3v) is 5.87. The minimum Gasteiger partial charge on any atom is -0.497 e. The molecule has 0 bridgehead atoms. The third-order valence-electron chi connectivity index (χ3n) is 4.10. The maximum atomic E-state index is 12.4.